The third-order valence-electron chi connectivity index (χ3n) is 4.21. The quantitative estimate of drug-likeness (QED) is 0.760. The molecule has 2 N–H and O–H groups in total. The van der Waals surface area contributed by atoms with Gasteiger partial charge in [-0.15, -0.1) is 0 Å². The maximum absolute atomic E-state index is 12.6. The van der Waals surface area contributed by atoms with Gasteiger partial charge in [-0.3, -0.25) is 4.79 Å². The molecule has 0 aliphatic rings. The number of nitrogens with one attached hydrogen (secondary N) is 2. The molecule has 6 nitrogen and oxygen atoms in total. The number of rotatable bonds is 7. The van der Waals surface area contributed by atoms with Crippen LogP contribution in [0, 0.1) is 20.8 Å². The monoisotopic (exact) mass is 390 g/mol. The molecule has 0 saturated carbocycles. The number of benzene rings is 2. The summed E-state index contributed by atoms with van der Waals surface area (Å²) >= 11 is 0. The van der Waals surface area contributed by atoms with Crippen molar-refractivity contribution in [3.05, 3.63) is 53.1 Å². The van der Waals surface area contributed by atoms with E-state index in [0.717, 1.165) is 11.1 Å². The number of carbonyl (C=O) groups is 1. The van der Waals surface area contributed by atoms with Gasteiger partial charge in [-0.05, 0) is 69.5 Å². The van der Waals surface area contributed by atoms with E-state index in [1.54, 1.807) is 13.0 Å². The minimum absolute atomic E-state index is 0.0928. The van der Waals surface area contributed by atoms with Crippen LogP contribution in [0.3, 0.4) is 0 Å². The first-order valence-corrected chi connectivity index (χ1v) is 10.3. The number of sulfonamides is 1. The van der Waals surface area contributed by atoms with E-state index in [4.69, 9.17) is 4.74 Å². The highest BCUT2D eigenvalue weighted by atomic mass is 32.2. The van der Waals surface area contributed by atoms with E-state index >= 15 is 0 Å². The van der Waals surface area contributed by atoms with Crippen molar-refractivity contribution < 1.29 is 17.9 Å². The molecular formula is C20H26N2O4S. The molecule has 0 unspecified atom stereocenters. The van der Waals surface area contributed by atoms with Crippen molar-refractivity contribution >= 4 is 21.6 Å². The molecule has 0 aliphatic heterocycles. The molecular weight excluding hydrogens is 364 g/mol. The number of ether oxygens (including phenoxy) is 1. The first kappa shape index (κ1) is 20.9. The molecule has 0 saturated heterocycles. The molecule has 0 aliphatic carbocycles. The minimum Gasteiger partial charge on any atom is -0.494 e. The Morgan fingerprint density at radius 3 is 2.26 bits per heavy atom. The summed E-state index contributed by atoms with van der Waals surface area (Å²) in [6, 6.07) is 9.37. The van der Waals surface area contributed by atoms with Crippen molar-refractivity contribution in [1.29, 1.82) is 0 Å². The van der Waals surface area contributed by atoms with Crippen LogP contribution in [0.2, 0.25) is 0 Å². The van der Waals surface area contributed by atoms with Crippen LogP contribution in [0.15, 0.2) is 41.3 Å². The van der Waals surface area contributed by atoms with Crippen LogP contribution >= 0.6 is 0 Å². The Bertz CT molecular complexity index is 919. The number of hydrogen-bond acceptors (Lipinski definition) is 4. The van der Waals surface area contributed by atoms with E-state index in [-0.39, 0.29) is 4.90 Å². The average molecular weight is 391 g/mol. The van der Waals surface area contributed by atoms with Gasteiger partial charge < -0.3 is 10.1 Å². The van der Waals surface area contributed by atoms with Gasteiger partial charge in [-0.2, -0.15) is 4.72 Å². The summed E-state index contributed by atoms with van der Waals surface area (Å²) in [5.74, 6) is 0.218. The summed E-state index contributed by atoms with van der Waals surface area (Å²) in [6.07, 6.45) is 0. The lowest BCUT2D eigenvalue weighted by atomic mass is 10.1. The van der Waals surface area contributed by atoms with Gasteiger partial charge in [0.2, 0.25) is 15.9 Å². The van der Waals surface area contributed by atoms with E-state index in [0.29, 0.717) is 23.6 Å². The Balaban J connectivity index is 2.14. The fourth-order valence-corrected chi connectivity index (χ4v) is 3.99. The van der Waals surface area contributed by atoms with Gasteiger partial charge in [0.25, 0.3) is 0 Å². The predicted molar refractivity (Wildman–Crippen MR) is 107 cm³/mol. The second kappa shape index (κ2) is 8.54. The summed E-state index contributed by atoms with van der Waals surface area (Å²) in [6.45, 7) is 9.44. The summed E-state index contributed by atoms with van der Waals surface area (Å²) in [7, 11) is -3.84. The summed E-state index contributed by atoms with van der Waals surface area (Å²) in [5, 5.41) is 2.80. The zero-order chi connectivity index (χ0) is 20.2. The van der Waals surface area contributed by atoms with Crippen LogP contribution < -0.4 is 14.8 Å². The molecule has 0 fully saturated rings. The number of hydrogen-bond donors (Lipinski definition) is 2. The van der Waals surface area contributed by atoms with Gasteiger partial charge in [-0.1, -0.05) is 18.2 Å². The van der Waals surface area contributed by atoms with Crippen LogP contribution in [-0.2, 0) is 14.8 Å². The molecule has 2 aromatic carbocycles. The van der Waals surface area contributed by atoms with Crippen molar-refractivity contribution in [2.45, 2.75) is 45.6 Å². The largest absolute Gasteiger partial charge is 0.494 e. The van der Waals surface area contributed by atoms with Crippen molar-refractivity contribution in [3.8, 4) is 5.75 Å². The lowest BCUT2D eigenvalue weighted by molar-refractivity contribution is -0.117. The molecule has 0 spiro atoms. The fraction of sp³-hybridized carbons (Fsp3) is 0.350. The molecule has 146 valence electrons. The molecule has 0 radical (unpaired) electrons. The zero-order valence-electron chi connectivity index (χ0n) is 16.3. The van der Waals surface area contributed by atoms with Gasteiger partial charge >= 0.3 is 0 Å². The Labute approximate surface area is 161 Å². The molecule has 2 rings (SSSR count). The normalized spacial score (nSPS) is 12.5. The second-order valence-electron chi connectivity index (χ2n) is 6.46. The zero-order valence-corrected chi connectivity index (χ0v) is 17.1. The third-order valence-corrected chi connectivity index (χ3v) is 5.75. The molecule has 27 heavy (non-hydrogen) atoms. The molecule has 1 amide bonds. The fourth-order valence-electron chi connectivity index (χ4n) is 2.70. The lowest BCUT2D eigenvalue weighted by Crippen LogP contribution is -2.41. The Morgan fingerprint density at radius 1 is 1.07 bits per heavy atom. The highest BCUT2D eigenvalue weighted by Crippen LogP contribution is 2.22. The number of carbonyl (C=O) groups excluding carboxylic acids is 1. The molecule has 1 atom stereocenters. The first-order chi connectivity index (χ1) is 12.7. The average Bonchev–Trinajstić information content (AvgIpc) is 2.59. The van der Waals surface area contributed by atoms with Crippen molar-refractivity contribution in [3.63, 3.8) is 0 Å². The van der Waals surface area contributed by atoms with Crippen LogP contribution in [0.25, 0.3) is 0 Å². The summed E-state index contributed by atoms with van der Waals surface area (Å²) < 4.78 is 33.1. The molecule has 7 heteroatoms. The SMILES string of the molecule is CCOc1ccc(S(=O)(=O)N[C@@H](C)C(=O)Nc2c(C)cccc2C)cc1C. The van der Waals surface area contributed by atoms with Crippen molar-refractivity contribution in [2.75, 3.05) is 11.9 Å². The number of para-hydroxylation sites is 1. The molecule has 0 aromatic heterocycles. The van der Waals surface area contributed by atoms with Crippen LogP contribution in [-0.4, -0.2) is 27.0 Å². The van der Waals surface area contributed by atoms with Crippen LogP contribution in [0.5, 0.6) is 5.75 Å². The van der Waals surface area contributed by atoms with E-state index < -0.39 is 22.0 Å². The lowest BCUT2D eigenvalue weighted by Gasteiger charge is -2.17. The van der Waals surface area contributed by atoms with Crippen LogP contribution in [0.1, 0.15) is 30.5 Å². The Hall–Kier alpha value is -2.38. The maximum atomic E-state index is 12.6. The smallest absolute Gasteiger partial charge is 0.242 e. The predicted octanol–water partition coefficient (Wildman–Crippen LogP) is 3.32. The third kappa shape index (κ3) is 5.08. The van der Waals surface area contributed by atoms with Gasteiger partial charge in [-0.25, -0.2) is 8.42 Å². The topological polar surface area (TPSA) is 84.5 Å². The second-order valence-corrected chi connectivity index (χ2v) is 8.17. The molecule has 0 heterocycles. The maximum Gasteiger partial charge on any atom is 0.242 e. The summed E-state index contributed by atoms with van der Waals surface area (Å²) in [4.78, 5) is 12.6. The van der Waals surface area contributed by atoms with Crippen molar-refractivity contribution in [2.24, 2.45) is 0 Å². The van der Waals surface area contributed by atoms with Gasteiger partial charge in [0.15, 0.2) is 0 Å². The van der Waals surface area contributed by atoms with Gasteiger partial charge in [0.1, 0.15) is 5.75 Å². The number of amides is 1. The van der Waals surface area contributed by atoms with E-state index in [1.807, 2.05) is 39.0 Å². The standard InChI is InChI=1S/C20H26N2O4S/c1-6-26-18-11-10-17(12-15(18)4)27(24,25)22-16(5)20(23)21-19-13(2)8-7-9-14(19)3/h7-12,16,22H,6H2,1-5H3,(H,21,23)/t16-/m0/s1. The summed E-state index contributed by atoms with van der Waals surface area (Å²) in [5.41, 5.74) is 3.25. The Morgan fingerprint density at radius 2 is 1.70 bits per heavy atom. The van der Waals surface area contributed by atoms with E-state index in [9.17, 15) is 13.2 Å². The van der Waals surface area contributed by atoms with Gasteiger partial charge in [0.05, 0.1) is 17.5 Å². The van der Waals surface area contributed by atoms with Gasteiger partial charge in [0, 0.05) is 5.69 Å². The highest BCUT2D eigenvalue weighted by Gasteiger charge is 2.23. The highest BCUT2D eigenvalue weighted by molar-refractivity contribution is 7.89. The molecule has 0 bridgehead atoms. The number of anilines is 1. The van der Waals surface area contributed by atoms with Crippen LogP contribution in [0.4, 0.5) is 5.69 Å². The van der Waals surface area contributed by atoms with E-state index in [1.165, 1.54) is 19.1 Å². The van der Waals surface area contributed by atoms with Crippen molar-refractivity contribution in [1.82, 2.24) is 4.72 Å². The molecule has 2 aromatic rings. The van der Waals surface area contributed by atoms with E-state index in [2.05, 4.69) is 10.0 Å². The number of aryl methyl sites for hydroxylation is 3. The minimum atomic E-state index is -3.84. The first-order valence-electron chi connectivity index (χ1n) is 8.78. The Kier molecular flexibility index (Phi) is 6.62.